The first-order valence-electron chi connectivity index (χ1n) is 7.89. The predicted octanol–water partition coefficient (Wildman–Crippen LogP) is 3.69. The van der Waals surface area contributed by atoms with E-state index >= 15 is 0 Å². The van der Waals surface area contributed by atoms with E-state index in [1.165, 1.54) is 6.07 Å². The number of benzene rings is 1. The van der Waals surface area contributed by atoms with Crippen molar-refractivity contribution in [1.29, 1.82) is 0 Å². The minimum atomic E-state index is -1.34. The van der Waals surface area contributed by atoms with Crippen LogP contribution in [0.3, 0.4) is 0 Å². The van der Waals surface area contributed by atoms with Crippen LogP contribution >= 0.6 is 22.6 Å². The topological polar surface area (TPSA) is 95.7 Å². The van der Waals surface area contributed by atoms with Crippen LogP contribution in [0.4, 0.5) is 5.69 Å². The normalized spacial score (nSPS) is 30.6. The average Bonchev–Trinajstić information content (AvgIpc) is 2.85. The third-order valence-corrected chi connectivity index (χ3v) is 6.93. The summed E-state index contributed by atoms with van der Waals surface area (Å²) >= 11 is 1.84. The molecule has 1 heterocycles. The van der Waals surface area contributed by atoms with Crippen LogP contribution in [-0.4, -0.2) is 22.5 Å². The van der Waals surface area contributed by atoms with Crippen LogP contribution in [0.25, 0.3) is 0 Å². The molecule has 25 heavy (non-hydrogen) atoms. The lowest BCUT2D eigenvalue weighted by molar-refractivity contribution is -0.385. The summed E-state index contributed by atoms with van der Waals surface area (Å²) in [5, 5.41) is 11.2. The molecule has 134 valence electrons. The summed E-state index contributed by atoms with van der Waals surface area (Å²) in [5.74, 6) is -1.04. The van der Waals surface area contributed by atoms with E-state index < -0.39 is 37.4 Å². The molecule has 8 heteroatoms. The smallest absolute Gasteiger partial charge is 0.352 e. The zero-order valence-corrected chi connectivity index (χ0v) is 16.2. The molecule has 3 atom stereocenters. The Labute approximate surface area is 158 Å². The lowest BCUT2D eigenvalue weighted by Crippen LogP contribution is -2.48. The molecule has 0 spiro atoms. The summed E-state index contributed by atoms with van der Waals surface area (Å²) in [7, 11) is 0. The summed E-state index contributed by atoms with van der Waals surface area (Å²) in [4.78, 5) is 35.8. The number of nitro benzene ring substituents is 1. The molecule has 2 fully saturated rings. The Bertz CT molecular complexity index is 778. The standard InChI is InChI=1S/C17H18INO6/c1-15(2)16(3)8-9-17(15,25-13(16)20)14(21)24-12(18)10-6-4-5-7-11(10)19(22)23/h4-7,12H,8-9H2,1-3H3/t12?,16-,17+/m0/s1. The first kappa shape index (κ1) is 18.1. The highest BCUT2D eigenvalue weighted by molar-refractivity contribution is 14.1. The number of hydrogen-bond acceptors (Lipinski definition) is 6. The molecule has 1 aliphatic heterocycles. The molecule has 0 radical (unpaired) electrons. The quantitative estimate of drug-likeness (QED) is 0.224. The second-order valence-electron chi connectivity index (χ2n) is 7.21. The van der Waals surface area contributed by atoms with Crippen molar-refractivity contribution in [1.82, 2.24) is 0 Å². The molecular formula is C17H18INO6. The predicted molar refractivity (Wildman–Crippen MR) is 95.9 cm³/mol. The fourth-order valence-electron chi connectivity index (χ4n) is 3.80. The number of halogens is 1. The molecule has 1 saturated heterocycles. The summed E-state index contributed by atoms with van der Waals surface area (Å²) < 4.78 is 10.2. The molecule has 1 aliphatic carbocycles. The maximum atomic E-state index is 12.9. The van der Waals surface area contributed by atoms with E-state index in [0.717, 1.165) is 0 Å². The van der Waals surface area contributed by atoms with Crippen molar-refractivity contribution in [3.63, 3.8) is 0 Å². The Morgan fingerprint density at radius 3 is 2.48 bits per heavy atom. The summed E-state index contributed by atoms with van der Waals surface area (Å²) in [6, 6.07) is 6.10. The van der Waals surface area contributed by atoms with Gasteiger partial charge in [0.25, 0.3) is 5.69 Å². The van der Waals surface area contributed by atoms with E-state index in [4.69, 9.17) is 9.47 Å². The highest BCUT2D eigenvalue weighted by atomic mass is 127. The van der Waals surface area contributed by atoms with E-state index in [1.54, 1.807) is 25.1 Å². The molecule has 0 N–H and O–H groups in total. The Morgan fingerprint density at radius 2 is 1.96 bits per heavy atom. The highest BCUT2D eigenvalue weighted by Gasteiger charge is 2.76. The number of alkyl halides is 1. The summed E-state index contributed by atoms with van der Waals surface area (Å²) in [6.45, 7) is 5.47. The van der Waals surface area contributed by atoms with E-state index in [0.29, 0.717) is 18.4 Å². The minimum Gasteiger partial charge on any atom is -0.446 e. The molecule has 1 saturated carbocycles. The first-order chi connectivity index (χ1) is 11.6. The number of esters is 2. The zero-order chi connectivity index (χ0) is 18.6. The number of rotatable bonds is 4. The number of fused-ring (bicyclic) bond motifs is 2. The van der Waals surface area contributed by atoms with E-state index in [-0.39, 0.29) is 5.69 Å². The SMILES string of the molecule is CC1(C)[C@@]2(C)CC[C@]1(C(=O)OC(I)c1ccccc1[N+](=O)[O-])OC2=O. The van der Waals surface area contributed by atoms with E-state index in [2.05, 4.69) is 0 Å². The lowest BCUT2D eigenvalue weighted by atomic mass is 9.66. The van der Waals surface area contributed by atoms with Crippen molar-refractivity contribution in [3.05, 3.63) is 39.9 Å². The van der Waals surface area contributed by atoms with Crippen LogP contribution in [-0.2, 0) is 19.1 Å². The van der Waals surface area contributed by atoms with Crippen molar-refractivity contribution in [2.24, 2.45) is 10.8 Å². The lowest BCUT2D eigenvalue weighted by Gasteiger charge is -2.35. The Balaban J connectivity index is 1.89. The molecule has 0 aromatic heterocycles. The zero-order valence-electron chi connectivity index (χ0n) is 14.1. The molecule has 1 aromatic carbocycles. The molecule has 1 aromatic rings. The minimum absolute atomic E-state index is 0.119. The highest BCUT2D eigenvalue weighted by Crippen LogP contribution is 2.66. The third-order valence-electron chi connectivity index (χ3n) is 6.00. The van der Waals surface area contributed by atoms with Crippen LogP contribution in [0.5, 0.6) is 0 Å². The summed E-state index contributed by atoms with van der Waals surface area (Å²) in [5.41, 5.74) is -2.61. The van der Waals surface area contributed by atoms with Gasteiger partial charge in [-0.3, -0.25) is 14.9 Å². The molecule has 1 unspecified atom stereocenters. The van der Waals surface area contributed by atoms with Crippen LogP contribution in [0.15, 0.2) is 24.3 Å². The third kappa shape index (κ3) is 2.29. The molecular weight excluding hydrogens is 441 g/mol. The summed E-state index contributed by atoms with van der Waals surface area (Å²) in [6.07, 6.45) is 0.937. The fourth-order valence-corrected chi connectivity index (χ4v) is 4.56. The van der Waals surface area contributed by atoms with Gasteiger partial charge in [0.2, 0.25) is 5.60 Å². The first-order valence-corrected chi connectivity index (χ1v) is 9.13. The molecule has 0 amide bonds. The largest absolute Gasteiger partial charge is 0.446 e. The molecule has 2 aliphatic rings. The van der Waals surface area contributed by atoms with Gasteiger partial charge in [0, 0.05) is 11.5 Å². The Kier molecular flexibility index (Phi) is 4.09. The van der Waals surface area contributed by atoms with Gasteiger partial charge in [-0.15, -0.1) is 0 Å². The van der Waals surface area contributed by atoms with Gasteiger partial charge < -0.3 is 9.47 Å². The van der Waals surface area contributed by atoms with Gasteiger partial charge in [-0.25, -0.2) is 4.79 Å². The van der Waals surface area contributed by atoms with Gasteiger partial charge in [-0.2, -0.15) is 0 Å². The van der Waals surface area contributed by atoms with Crippen LogP contribution in [0.1, 0.15) is 43.3 Å². The van der Waals surface area contributed by atoms with Gasteiger partial charge in [0.05, 0.1) is 15.9 Å². The van der Waals surface area contributed by atoms with Crippen LogP contribution in [0, 0.1) is 20.9 Å². The second-order valence-corrected chi connectivity index (χ2v) is 8.34. The van der Waals surface area contributed by atoms with Crippen molar-refractivity contribution in [2.75, 3.05) is 0 Å². The molecule has 3 rings (SSSR count). The van der Waals surface area contributed by atoms with E-state index in [9.17, 15) is 19.7 Å². The van der Waals surface area contributed by atoms with E-state index in [1.807, 2.05) is 36.4 Å². The number of carbonyl (C=O) groups is 2. The van der Waals surface area contributed by atoms with Gasteiger partial charge in [-0.05, 0) is 48.4 Å². The average molecular weight is 459 g/mol. The van der Waals surface area contributed by atoms with Gasteiger partial charge >= 0.3 is 11.9 Å². The van der Waals surface area contributed by atoms with Gasteiger partial charge in [0.1, 0.15) is 0 Å². The Morgan fingerprint density at radius 1 is 1.32 bits per heavy atom. The fraction of sp³-hybridized carbons (Fsp3) is 0.529. The maximum Gasteiger partial charge on any atom is 0.352 e. The second kappa shape index (κ2) is 5.65. The van der Waals surface area contributed by atoms with Crippen LogP contribution < -0.4 is 0 Å². The molecule has 2 bridgehead atoms. The van der Waals surface area contributed by atoms with Crippen LogP contribution in [0.2, 0.25) is 0 Å². The number of nitro groups is 1. The number of nitrogens with zero attached hydrogens (tertiary/aromatic N) is 1. The van der Waals surface area contributed by atoms with Crippen molar-refractivity contribution in [3.8, 4) is 0 Å². The van der Waals surface area contributed by atoms with Crippen molar-refractivity contribution < 1.29 is 24.0 Å². The number of hydrogen-bond donors (Lipinski definition) is 0. The van der Waals surface area contributed by atoms with Gasteiger partial charge in [0.15, 0.2) is 4.11 Å². The Hall–Kier alpha value is -1.71. The molecule has 7 nitrogen and oxygen atoms in total. The monoisotopic (exact) mass is 459 g/mol. The maximum absolute atomic E-state index is 12.9. The number of ether oxygens (including phenoxy) is 2. The van der Waals surface area contributed by atoms with Crippen molar-refractivity contribution >= 4 is 40.2 Å². The van der Waals surface area contributed by atoms with Gasteiger partial charge in [-0.1, -0.05) is 26.0 Å². The number of para-hydroxylation sites is 1. The van der Waals surface area contributed by atoms with Crippen molar-refractivity contribution in [2.45, 2.75) is 43.3 Å². The number of carbonyl (C=O) groups excluding carboxylic acids is 2.